The summed E-state index contributed by atoms with van der Waals surface area (Å²) in [7, 11) is 0. The van der Waals surface area contributed by atoms with Crippen LogP contribution >= 0.6 is 0 Å². The van der Waals surface area contributed by atoms with Gasteiger partial charge in [0.1, 0.15) is 5.75 Å². The summed E-state index contributed by atoms with van der Waals surface area (Å²) in [4.78, 5) is 49.8. The Balaban J connectivity index is 1.28. The van der Waals surface area contributed by atoms with Crippen LogP contribution in [0.2, 0.25) is 0 Å². The summed E-state index contributed by atoms with van der Waals surface area (Å²) in [6.07, 6.45) is 5.05. The van der Waals surface area contributed by atoms with Crippen LogP contribution in [0.5, 0.6) is 5.75 Å². The first-order valence-corrected chi connectivity index (χ1v) is 12.3. The lowest BCUT2D eigenvalue weighted by molar-refractivity contribution is -0.154. The van der Waals surface area contributed by atoms with E-state index in [1.54, 1.807) is 6.92 Å². The number of carbonyl (C=O) groups excluding carboxylic acids is 3. The van der Waals surface area contributed by atoms with E-state index in [0.717, 1.165) is 42.6 Å². The number of imide groups is 1. The Morgan fingerprint density at radius 2 is 1.76 bits per heavy atom. The van der Waals surface area contributed by atoms with E-state index in [4.69, 9.17) is 4.74 Å². The Hall–Kier alpha value is -2.90. The first-order chi connectivity index (χ1) is 16.2. The molecule has 3 fully saturated rings. The second-order valence-electron chi connectivity index (χ2n) is 10.3. The third-order valence-electron chi connectivity index (χ3n) is 7.85. The van der Waals surface area contributed by atoms with E-state index in [-0.39, 0.29) is 35.7 Å². The quantitative estimate of drug-likeness (QED) is 0.639. The maximum atomic E-state index is 13.0. The zero-order chi connectivity index (χ0) is 24.5. The summed E-state index contributed by atoms with van der Waals surface area (Å²) < 4.78 is 6.25. The van der Waals surface area contributed by atoms with Crippen molar-refractivity contribution in [2.24, 2.45) is 11.3 Å². The molecule has 8 nitrogen and oxygen atoms in total. The smallest absolute Gasteiger partial charge is 0.309 e. The van der Waals surface area contributed by atoms with Gasteiger partial charge in [-0.2, -0.15) is 0 Å². The lowest BCUT2D eigenvalue weighted by atomic mass is 9.79. The monoisotopic (exact) mass is 470 g/mol. The van der Waals surface area contributed by atoms with Crippen LogP contribution in [0, 0.1) is 18.3 Å². The summed E-state index contributed by atoms with van der Waals surface area (Å²) in [5.41, 5.74) is 1.12. The lowest BCUT2D eigenvalue weighted by Gasteiger charge is -2.39. The number of hydrogen-bond acceptors (Lipinski definition) is 5. The number of carboxylic acid groups (broad SMARTS) is 1. The molecule has 1 atom stereocenters. The number of carboxylic acids is 1. The van der Waals surface area contributed by atoms with Crippen LogP contribution in [-0.2, 0) is 19.2 Å². The maximum absolute atomic E-state index is 13.0. The van der Waals surface area contributed by atoms with Gasteiger partial charge in [-0.15, -0.1) is 0 Å². The van der Waals surface area contributed by atoms with E-state index in [1.807, 2.05) is 30.0 Å². The molecular formula is C26H34N2O6. The van der Waals surface area contributed by atoms with Crippen LogP contribution in [0.3, 0.4) is 0 Å². The molecule has 0 bridgehead atoms. The molecule has 4 rings (SSSR count). The molecule has 1 aliphatic carbocycles. The predicted molar refractivity (Wildman–Crippen MR) is 124 cm³/mol. The second-order valence-corrected chi connectivity index (χ2v) is 10.3. The molecule has 3 amide bonds. The number of ether oxygens (including phenoxy) is 1. The molecule has 1 aromatic carbocycles. The fourth-order valence-corrected chi connectivity index (χ4v) is 5.33. The van der Waals surface area contributed by atoms with E-state index < -0.39 is 11.4 Å². The fraction of sp³-hybridized carbons (Fsp3) is 0.615. The minimum Gasteiger partial charge on any atom is -0.490 e. The van der Waals surface area contributed by atoms with Crippen LogP contribution in [0.1, 0.15) is 75.3 Å². The van der Waals surface area contributed by atoms with Crippen molar-refractivity contribution in [2.45, 2.75) is 77.2 Å². The van der Waals surface area contributed by atoms with Gasteiger partial charge >= 0.3 is 5.97 Å². The largest absolute Gasteiger partial charge is 0.490 e. The summed E-state index contributed by atoms with van der Waals surface area (Å²) in [5, 5.41) is 11.8. The third kappa shape index (κ3) is 5.10. The molecule has 2 heterocycles. The molecule has 1 aromatic rings. The summed E-state index contributed by atoms with van der Waals surface area (Å²) in [5.74, 6) is -0.636. The van der Waals surface area contributed by atoms with Crippen LogP contribution < -0.4 is 10.1 Å². The van der Waals surface area contributed by atoms with Gasteiger partial charge in [0.2, 0.25) is 17.7 Å². The highest BCUT2D eigenvalue weighted by atomic mass is 16.5. The van der Waals surface area contributed by atoms with Gasteiger partial charge in [0.05, 0.1) is 17.4 Å². The molecule has 1 unspecified atom stereocenters. The van der Waals surface area contributed by atoms with Gasteiger partial charge in [-0.3, -0.25) is 24.5 Å². The standard InChI is InChI=1S/C26H34N2O6/c1-16-15-18(20-8-10-22(29)27-23(20)30)5-9-21(16)34-19-6-3-17(4-7-19)24(31)28-13-11-26(2,12-14-28)25(32)33/h5,9,15,17,19-20H,3-4,6-8,10-14H2,1-2H3,(H,32,33)(H,27,29,30)/t17-,19-,20?. The molecule has 1 saturated carbocycles. The van der Waals surface area contributed by atoms with Crippen LogP contribution in [0.15, 0.2) is 18.2 Å². The zero-order valence-electron chi connectivity index (χ0n) is 20.0. The highest BCUT2D eigenvalue weighted by Crippen LogP contribution is 2.35. The van der Waals surface area contributed by atoms with Gasteiger partial charge in [0, 0.05) is 25.4 Å². The van der Waals surface area contributed by atoms with Crippen molar-refractivity contribution in [1.82, 2.24) is 10.2 Å². The molecule has 8 heteroatoms. The molecule has 0 aromatic heterocycles. The maximum Gasteiger partial charge on any atom is 0.309 e. The Morgan fingerprint density at radius 1 is 1.09 bits per heavy atom. The van der Waals surface area contributed by atoms with Crippen molar-refractivity contribution in [3.8, 4) is 5.75 Å². The molecular weight excluding hydrogens is 436 g/mol. The van der Waals surface area contributed by atoms with E-state index in [9.17, 15) is 24.3 Å². The summed E-state index contributed by atoms with van der Waals surface area (Å²) >= 11 is 0. The number of nitrogens with zero attached hydrogens (tertiary/aromatic N) is 1. The topological polar surface area (TPSA) is 113 Å². The fourth-order valence-electron chi connectivity index (χ4n) is 5.33. The highest BCUT2D eigenvalue weighted by Gasteiger charge is 2.40. The van der Waals surface area contributed by atoms with E-state index in [0.29, 0.717) is 38.8 Å². The minimum atomic E-state index is -0.780. The molecule has 2 N–H and O–H groups in total. The molecule has 34 heavy (non-hydrogen) atoms. The van der Waals surface area contributed by atoms with Crippen molar-refractivity contribution in [1.29, 1.82) is 0 Å². The number of nitrogens with one attached hydrogen (secondary N) is 1. The Bertz CT molecular complexity index is 974. The average molecular weight is 471 g/mol. The number of aryl methyl sites for hydroxylation is 1. The number of carbonyl (C=O) groups is 4. The molecule has 3 aliphatic rings. The Labute approximate surface area is 200 Å². The van der Waals surface area contributed by atoms with Crippen molar-refractivity contribution < 1.29 is 29.0 Å². The SMILES string of the molecule is Cc1cc(C2CCC(=O)NC2=O)ccc1O[C@H]1CC[C@H](C(=O)N2CCC(C)(C(=O)O)CC2)CC1. The van der Waals surface area contributed by atoms with Crippen LogP contribution in [0.4, 0.5) is 0 Å². The molecule has 0 spiro atoms. The molecule has 184 valence electrons. The number of benzene rings is 1. The van der Waals surface area contributed by atoms with Crippen LogP contribution in [-0.4, -0.2) is 52.9 Å². The lowest BCUT2D eigenvalue weighted by Crippen LogP contribution is -2.47. The molecule has 2 aliphatic heterocycles. The molecule has 2 saturated heterocycles. The number of aliphatic carboxylic acids is 1. The number of likely N-dealkylation sites (tertiary alicyclic amines) is 1. The van der Waals surface area contributed by atoms with Crippen molar-refractivity contribution >= 4 is 23.7 Å². The van der Waals surface area contributed by atoms with Gasteiger partial charge < -0.3 is 14.7 Å². The van der Waals surface area contributed by atoms with Gasteiger partial charge in [-0.25, -0.2) is 0 Å². The van der Waals surface area contributed by atoms with Crippen molar-refractivity contribution in [3.63, 3.8) is 0 Å². The summed E-state index contributed by atoms with van der Waals surface area (Å²) in [6.45, 7) is 4.74. The third-order valence-corrected chi connectivity index (χ3v) is 7.85. The summed E-state index contributed by atoms with van der Waals surface area (Å²) in [6, 6.07) is 5.77. The minimum absolute atomic E-state index is 0.0231. The number of amides is 3. The van der Waals surface area contributed by atoms with Gasteiger partial charge in [-0.05, 0) is 76.0 Å². The number of rotatable bonds is 5. The van der Waals surface area contributed by atoms with Gasteiger partial charge in [-0.1, -0.05) is 12.1 Å². The molecule has 0 radical (unpaired) electrons. The first kappa shape index (κ1) is 24.2. The number of hydrogen-bond donors (Lipinski definition) is 2. The second kappa shape index (κ2) is 9.76. The highest BCUT2D eigenvalue weighted by molar-refractivity contribution is 6.00. The Morgan fingerprint density at radius 3 is 2.35 bits per heavy atom. The van der Waals surface area contributed by atoms with Crippen LogP contribution in [0.25, 0.3) is 0 Å². The Kier molecular flexibility index (Phi) is 6.96. The van der Waals surface area contributed by atoms with Crippen molar-refractivity contribution in [2.75, 3.05) is 13.1 Å². The van der Waals surface area contributed by atoms with Crippen molar-refractivity contribution in [3.05, 3.63) is 29.3 Å². The normalized spacial score (nSPS) is 27.1. The van der Waals surface area contributed by atoms with E-state index in [1.165, 1.54) is 0 Å². The number of piperidine rings is 2. The average Bonchev–Trinajstić information content (AvgIpc) is 2.81. The van der Waals surface area contributed by atoms with E-state index >= 15 is 0 Å². The zero-order valence-corrected chi connectivity index (χ0v) is 20.0. The van der Waals surface area contributed by atoms with Gasteiger partial charge in [0.15, 0.2) is 0 Å². The first-order valence-electron chi connectivity index (χ1n) is 12.3. The van der Waals surface area contributed by atoms with Gasteiger partial charge in [0.25, 0.3) is 0 Å². The predicted octanol–water partition coefficient (Wildman–Crippen LogP) is 3.17. The van der Waals surface area contributed by atoms with E-state index in [2.05, 4.69) is 5.32 Å².